The fraction of sp³-hybridized carbons (Fsp3) is 0.200. The van der Waals surface area contributed by atoms with Crippen molar-refractivity contribution < 1.29 is 4.79 Å². The first kappa shape index (κ1) is 10.3. The predicted octanol–water partition coefficient (Wildman–Crippen LogP) is 3.59. The Hall–Kier alpha value is -0.230. The largest absolute Gasteiger partial charge is 0.293 e. The Morgan fingerprint density at radius 1 is 1.50 bits per heavy atom. The molecule has 1 aromatic rings. The molecule has 0 aliphatic carbocycles. The Balaban J connectivity index is 2.68. The van der Waals surface area contributed by atoms with Crippen LogP contribution in [0, 0.1) is 9.49 Å². The van der Waals surface area contributed by atoms with Crippen molar-refractivity contribution in [1.29, 1.82) is 0 Å². The Bertz CT molecular complexity index is 442. The van der Waals surface area contributed by atoms with E-state index in [1.165, 1.54) is 0 Å². The van der Waals surface area contributed by atoms with E-state index in [-0.39, 0.29) is 11.7 Å². The van der Waals surface area contributed by atoms with E-state index < -0.39 is 0 Å². The SMILES string of the molecule is CC1C=Nc2c(I)cc(Br)cc2C1=O. The molecule has 0 aromatic heterocycles. The van der Waals surface area contributed by atoms with Gasteiger partial charge in [0, 0.05) is 19.8 Å². The molecule has 1 aliphatic heterocycles. The molecule has 0 saturated heterocycles. The third-order valence-corrected chi connectivity index (χ3v) is 3.41. The molecule has 2 rings (SSSR count). The predicted molar refractivity (Wildman–Crippen MR) is 68.5 cm³/mol. The van der Waals surface area contributed by atoms with Gasteiger partial charge in [0.1, 0.15) is 0 Å². The molecule has 0 bridgehead atoms. The zero-order valence-electron chi connectivity index (χ0n) is 7.42. The summed E-state index contributed by atoms with van der Waals surface area (Å²) in [6, 6.07) is 3.80. The minimum atomic E-state index is -0.104. The number of rotatable bonds is 0. The number of hydrogen-bond acceptors (Lipinski definition) is 2. The van der Waals surface area contributed by atoms with Gasteiger partial charge in [-0.1, -0.05) is 22.9 Å². The number of aliphatic imine (C=N–C) groups is 1. The summed E-state index contributed by atoms with van der Waals surface area (Å²) in [4.78, 5) is 16.1. The lowest BCUT2D eigenvalue weighted by Gasteiger charge is -2.15. The van der Waals surface area contributed by atoms with Crippen molar-refractivity contribution in [3.8, 4) is 0 Å². The fourth-order valence-electron chi connectivity index (χ4n) is 1.38. The molecular formula is C10H7BrINO. The zero-order chi connectivity index (χ0) is 10.3. The van der Waals surface area contributed by atoms with Gasteiger partial charge in [-0.3, -0.25) is 9.79 Å². The summed E-state index contributed by atoms with van der Waals surface area (Å²) in [6.45, 7) is 1.86. The third-order valence-electron chi connectivity index (χ3n) is 2.13. The Kier molecular flexibility index (Phi) is 2.74. The lowest BCUT2D eigenvalue weighted by atomic mass is 9.96. The summed E-state index contributed by atoms with van der Waals surface area (Å²) < 4.78 is 1.93. The normalized spacial score (nSPS) is 19.6. The summed E-state index contributed by atoms with van der Waals surface area (Å²) >= 11 is 5.57. The molecule has 1 unspecified atom stereocenters. The van der Waals surface area contributed by atoms with E-state index >= 15 is 0 Å². The molecule has 0 fully saturated rings. The molecule has 1 atom stereocenters. The van der Waals surface area contributed by atoms with Gasteiger partial charge in [0.15, 0.2) is 5.78 Å². The van der Waals surface area contributed by atoms with Crippen LogP contribution in [0.1, 0.15) is 17.3 Å². The molecule has 72 valence electrons. The van der Waals surface area contributed by atoms with Crippen LogP contribution in [-0.2, 0) is 0 Å². The van der Waals surface area contributed by atoms with E-state index in [0.717, 1.165) is 19.3 Å². The lowest BCUT2D eigenvalue weighted by molar-refractivity contribution is 0.0962. The minimum Gasteiger partial charge on any atom is -0.293 e. The molecule has 0 saturated carbocycles. The highest BCUT2D eigenvalue weighted by Gasteiger charge is 2.22. The second-order valence-electron chi connectivity index (χ2n) is 3.21. The van der Waals surface area contributed by atoms with E-state index in [2.05, 4.69) is 43.5 Å². The van der Waals surface area contributed by atoms with Gasteiger partial charge in [-0.15, -0.1) is 0 Å². The highest BCUT2D eigenvalue weighted by atomic mass is 127. The topological polar surface area (TPSA) is 29.4 Å². The number of Topliss-reactive ketones (excluding diaryl/α,β-unsaturated/α-hetero) is 1. The van der Waals surface area contributed by atoms with Gasteiger partial charge in [-0.05, 0) is 34.7 Å². The first-order chi connectivity index (χ1) is 6.59. The van der Waals surface area contributed by atoms with Crippen LogP contribution < -0.4 is 0 Å². The summed E-state index contributed by atoms with van der Waals surface area (Å²) in [7, 11) is 0. The maximum Gasteiger partial charge on any atom is 0.173 e. The standard InChI is InChI=1S/C10H7BrINO/c1-5-4-13-9-7(10(5)14)2-6(11)3-8(9)12/h2-5H,1H3. The molecule has 1 aromatic carbocycles. The van der Waals surface area contributed by atoms with Crippen molar-refractivity contribution in [1.82, 2.24) is 0 Å². The van der Waals surface area contributed by atoms with Crippen LogP contribution in [0.5, 0.6) is 0 Å². The number of fused-ring (bicyclic) bond motifs is 1. The number of nitrogens with zero attached hydrogens (tertiary/aromatic N) is 1. The lowest BCUT2D eigenvalue weighted by Crippen LogP contribution is -2.16. The quantitative estimate of drug-likeness (QED) is 0.648. The smallest absolute Gasteiger partial charge is 0.173 e. The van der Waals surface area contributed by atoms with Crippen LogP contribution in [0.2, 0.25) is 0 Å². The Morgan fingerprint density at radius 3 is 2.93 bits per heavy atom. The maximum atomic E-state index is 11.8. The van der Waals surface area contributed by atoms with E-state index in [0.29, 0.717) is 0 Å². The molecule has 1 heterocycles. The molecule has 0 amide bonds. The van der Waals surface area contributed by atoms with Crippen molar-refractivity contribution >= 4 is 56.2 Å². The van der Waals surface area contributed by atoms with Gasteiger partial charge < -0.3 is 0 Å². The monoisotopic (exact) mass is 363 g/mol. The van der Waals surface area contributed by atoms with Crippen molar-refractivity contribution in [2.24, 2.45) is 10.9 Å². The van der Waals surface area contributed by atoms with Gasteiger partial charge in [-0.25, -0.2) is 0 Å². The molecule has 2 nitrogen and oxygen atoms in total. The summed E-state index contributed by atoms with van der Waals surface area (Å²) in [5, 5.41) is 0. The average Bonchev–Trinajstić information content (AvgIpc) is 2.12. The molecule has 14 heavy (non-hydrogen) atoms. The fourth-order valence-corrected chi connectivity index (χ4v) is 3.04. The molecule has 0 radical (unpaired) electrons. The van der Waals surface area contributed by atoms with Crippen molar-refractivity contribution in [3.63, 3.8) is 0 Å². The molecular weight excluding hydrogens is 357 g/mol. The number of halogens is 2. The second kappa shape index (κ2) is 3.73. The summed E-state index contributed by atoms with van der Waals surface area (Å²) in [6.07, 6.45) is 1.71. The first-order valence-corrected chi connectivity index (χ1v) is 6.04. The van der Waals surface area contributed by atoms with Crippen LogP contribution >= 0.6 is 38.5 Å². The van der Waals surface area contributed by atoms with Crippen LogP contribution in [0.4, 0.5) is 5.69 Å². The second-order valence-corrected chi connectivity index (χ2v) is 5.29. The number of carbonyl (C=O) groups excluding carboxylic acids is 1. The van der Waals surface area contributed by atoms with E-state index in [1.807, 2.05) is 19.1 Å². The van der Waals surface area contributed by atoms with Crippen molar-refractivity contribution in [2.45, 2.75) is 6.92 Å². The number of ketones is 1. The Morgan fingerprint density at radius 2 is 2.21 bits per heavy atom. The van der Waals surface area contributed by atoms with E-state index in [4.69, 9.17) is 0 Å². The van der Waals surface area contributed by atoms with Crippen LogP contribution in [0.25, 0.3) is 0 Å². The van der Waals surface area contributed by atoms with Gasteiger partial charge in [0.05, 0.1) is 11.6 Å². The number of carbonyl (C=O) groups is 1. The molecule has 0 N–H and O–H groups in total. The van der Waals surface area contributed by atoms with Gasteiger partial charge in [-0.2, -0.15) is 0 Å². The maximum absolute atomic E-state index is 11.8. The van der Waals surface area contributed by atoms with E-state index in [9.17, 15) is 4.79 Å². The average molecular weight is 364 g/mol. The molecule has 4 heteroatoms. The number of benzene rings is 1. The van der Waals surface area contributed by atoms with Gasteiger partial charge in [0.25, 0.3) is 0 Å². The van der Waals surface area contributed by atoms with Crippen molar-refractivity contribution in [2.75, 3.05) is 0 Å². The van der Waals surface area contributed by atoms with Crippen LogP contribution in [0.15, 0.2) is 21.6 Å². The summed E-state index contributed by atoms with van der Waals surface area (Å²) in [5.74, 6) is 0.0433. The Labute approximate surface area is 104 Å². The van der Waals surface area contributed by atoms with Crippen molar-refractivity contribution in [3.05, 3.63) is 25.7 Å². The van der Waals surface area contributed by atoms with Gasteiger partial charge >= 0.3 is 0 Å². The first-order valence-electron chi connectivity index (χ1n) is 4.17. The molecule has 0 spiro atoms. The third kappa shape index (κ3) is 1.65. The minimum absolute atomic E-state index is 0.104. The van der Waals surface area contributed by atoms with Crippen LogP contribution in [-0.4, -0.2) is 12.0 Å². The zero-order valence-corrected chi connectivity index (χ0v) is 11.2. The molecule has 1 aliphatic rings. The van der Waals surface area contributed by atoms with Gasteiger partial charge in [0.2, 0.25) is 0 Å². The highest BCUT2D eigenvalue weighted by molar-refractivity contribution is 14.1. The van der Waals surface area contributed by atoms with E-state index in [1.54, 1.807) is 6.21 Å². The number of hydrogen-bond donors (Lipinski definition) is 0. The summed E-state index contributed by atoms with van der Waals surface area (Å²) in [5.41, 5.74) is 1.52. The highest BCUT2D eigenvalue weighted by Crippen LogP contribution is 2.33. The van der Waals surface area contributed by atoms with Crippen LogP contribution in [0.3, 0.4) is 0 Å².